The number of likely N-dealkylation sites (N-methyl/N-ethyl adjacent to an activating group) is 2. The van der Waals surface area contributed by atoms with Crippen LogP contribution in [0.4, 0.5) is 13.8 Å². The summed E-state index contributed by atoms with van der Waals surface area (Å²) in [5.74, 6) is -2.47. The molecule has 0 aliphatic carbocycles. The maximum atomic E-state index is 13.4. The zero-order chi connectivity index (χ0) is 20.9. The van der Waals surface area contributed by atoms with E-state index in [0.717, 1.165) is 22.6 Å². The number of rotatable bonds is 2. The van der Waals surface area contributed by atoms with E-state index in [0.29, 0.717) is 35.6 Å². The van der Waals surface area contributed by atoms with Gasteiger partial charge in [0.25, 0.3) is 5.91 Å². The molecule has 0 bridgehead atoms. The van der Waals surface area contributed by atoms with Crippen molar-refractivity contribution in [1.29, 1.82) is 0 Å². The second kappa shape index (κ2) is 7.22. The smallest absolute Gasteiger partial charge is 0.257 e. The van der Waals surface area contributed by atoms with Gasteiger partial charge in [-0.25, -0.2) is 8.78 Å². The van der Waals surface area contributed by atoms with Crippen molar-refractivity contribution < 1.29 is 23.2 Å². The summed E-state index contributed by atoms with van der Waals surface area (Å²) in [5, 5.41) is 0.615. The molecule has 2 aliphatic heterocycles. The van der Waals surface area contributed by atoms with Gasteiger partial charge in [-0.3, -0.25) is 14.4 Å². The number of benzene rings is 1. The third-order valence-corrected chi connectivity index (χ3v) is 6.64. The standard InChI is InChI=1S/C20H19F2N3O3S/c1-23-10-17(27)24(2)20-18(19(23)28)12-5-6-25(9-15(12)29-20)16(26)8-11-3-4-13(21)14(22)7-11/h3-4,7H,5-6,8-10H2,1-2H3. The zero-order valence-electron chi connectivity index (χ0n) is 16.0. The van der Waals surface area contributed by atoms with E-state index in [4.69, 9.17) is 0 Å². The molecule has 9 heteroatoms. The molecule has 0 saturated carbocycles. The first-order valence-corrected chi connectivity index (χ1v) is 9.96. The van der Waals surface area contributed by atoms with Crippen LogP contribution < -0.4 is 4.90 Å². The number of hydrogen-bond donors (Lipinski definition) is 0. The Labute approximate surface area is 170 Å². The van der Waals surface area contributed by atoms with Crippen molar-refractivity contribution >= 4 is 34.1 Å². The molecule has 0 spiro atoms. The first-order chi connectivity index (χ1) is 13.8. The fraction of sp³-hybridized carbons (Fsp3) is 0.350. The van der Waals surface area contributed by atoms with Gasteiger partial charge in [0.2, 0.25) is 11.8 Å². The summed E-state index contributed by atoms with van der Waals surface area (Å²) < 4.78 is 26.5. The molecule has 1 aromatic carbocycles. The zero-order valence-corrected chi connectivity index (χ0v) is 16.8. The van der Waals surface area contributed by atoms with Gasteiger partial charge in [0.15, 0.2) is 11.6 Å². The summed E-state index contributed by atoms with van der Waals surface area (Å²) in [6.45, 7) is 0.784. The van der Waals surface area contributed by atoms with Crippen molar-refractivity contribution in [2.45, 2.75) is 19.4 Å². The Hall–Kier alpha value is -2.81. The van der Waals surface area contributed by atoms with Crippen LogP contribution in [-0.4, -0.2) is 54.7 Å². The average Bonchev–Trinajstić information content (AvgIpc) is 3.04. The van der Waals surface area contributed by atoms with Crippen molar-refractivity contribution in [3.63, 3.8) is 0 Å². The average molecular weight is 419 g/mol. The number of fused-ring (bicyclic) bond motifs is 3. The molecular formula is C20H19F2N3O3S. The van der Waals surface area contributed by atoms with Gasteiger partial charge in [0.05, 0.1) is 18.5 Å². The Balaban J connectivity index is 1.58. The van der Waals surface area contributed by atoms with Gasteiger partial charge < -0.3 is 14.7 Å². The lowest BCUT2D eigenvalue weighted by Crippen LogP contribution is -2.37. The SMILES string of the molecule is CN1CC(=O)N(C)c2sc3c(c2C1=O)CCN(C(=O)Cc1ccc(F)c(F)c1)C3. The number of anilines is 1. The first-order valence-electron chi connectivity index (χ1n) is 9.14. The molecule has 1 aromatic heterocycles. The van der Waals surface area contributed by atoms with Crippen LogP contribution in [0.1, 0.15) is 26.4 Å². The van der Waals surface area contributed by atoms with E-state index in [-0.39, 0.29) is 30.7 Å². The number of nitrogens with zero attached hydrogens (tertiary/aromatic N) is 3. The Bertz CT molecular complexity index is 1040. The summed E-state index contributed by atoms with van der Waals surface area (Å²) in [6.07, 6.45) is 0.476. The van der Waals surface area contributed by atoms with E-state index in [9.17, 15) is 23.2 Å². The van der Waals surface area contributed by atoms with Crippen LogP contribution >= 0.6 is 11.3 Å². The molecule has 0 atom stereocenters. The maximum absolute atomic E-state index is 13.4. The summed E-state index contributed by atoms with van der Waals surface area (Å²) in [7, 11) is 3.26. The highest BCUT2D eigenvalue weighted by Gasteiger charge is 2.36. The van der Waals surface area contributed by atoms with Gasteiger partial charge in [0, 0.05) is 25.5 Å². The Morgan fingerprint density at radius 3 is 2.62 bits per heavy atom. The molecule has 0 saturated heterocycles. The fourth-order valence-electron chi connectivity index (χ4n) is 3.68. The largest absolute Gasteiger partial charge is 0.337 e. The lowest BCUT2D eigenvalue weighted by Gasteiger charge is -2.27. The molecule has 0 unspecified atom stereocenters. The van der Waals surface area contributed by atoms with Crippen LogP contribution in [0.25, 0.3) is 0 Å². The minimum Gasteiger partial charge on any atom is -0.337 e. The molecule has 2 aromatic rings. The monoisotopic (exact) mass is 419 g/mol. The third-order valence-electron chi connectivity index (χ3n) is 5.34. The molecule has 0 fully saturated rings. The molecule has 0 radical (unpaired) electrons. The summed E-state index contributed by atoms with van der Waals surface area (Å²) >= 11 is 1.35. The number of hydrogen-bond acceptors (Lipinski definition) is 4. The maximum Gasteiger partial charge on any atom is 0.257 e. The predicted molar refractivity (Wildman–Crippen MR) is 104 cm³/mol. The van der Waals surface area contributed by atoms with Crippen molar-refractivity contribution in [2.24, 2.45) is 0 Å². The molecule has 152 valence electrons. The molecule has 6 nitrogen and oxygen atoms in total. The Morgan fingerprint density at radius 1 is 1.14 bits per heavy atom. The van der Waals surface area contributed by atoms with E-state index in [1.807, 2.05) is 0 Å². The number of thiophene rings is 1. The number of carbonyl (C=O) groups is 3. The summed E-state index contributed by atoms with van der Waals surface area (Å²) in [6, 6.07) is 3.44. The normalized spacial score (nSPS) is 16.6. The van der Waals surface area contributed by atoms with Gasteiger partial charge in [-0.15, -0.1) is 11.3 Å². The first kappa shape index (κ1) is 19.5. The van der Waals surface area contributed by atoms with Crippen LogP contribution in [-0.2, 0) is 29.0 Å². The van der Waals surface area contributed by atoms with E-state index < -0.39 is 11.6 Å². The van der Waals surface area contributed by atoms with Crippen molar-refractivity contribution in [1.82, 2.24) is 9.80 Å². The van der Waals surface area contributed by atoms with Gasteiger partial charge in [-0.2, -0.15) is 0 Å². The topological polar surface area (TPSA) is 60.9 Å². The number of carbonyl (C=O) groups excluding carboxylic acids is 3. The van der Waals surface area contributed by atoms with E-state index in [1.54, 1.807) is 19.0 Å². The Morgan fingerprint density at radius 2 is 1.90 bits per heavy atom. The second-order valence-electron chi connectivity index (χ2n) is 7.29. The molecule has 0 N–H and O–H groups in total. The van der Waals surface area contributed by atoms with Crippen molar-refractivity contribution in [3.05, 3.63) is 51.4 Å². The Kier molecular flexibility index (Phi) is 4.85. The van der Waals surface area contributed by atoms with E-state index in [1.165, 1.54) is 27.2 Å². The van der Waals surface area contributed by atoms with E-state index in [2.05, 4.69) is 0 Å². The fourth-order valence-corrected chi connectivity index (χ4v) is 5.01. The lowest BCUT2D eigenvalue weighted by atomic mass is 10.0. The minimum absolute atomic E-state index is 0.0301. The molecule has 4 rings (SSSR count). The number of amides is 3. The van der Waals surface area contributed by atoms with Gasteiger partial charge in [-0.1, -0.05) is 6.07 Å². The van der Waals surface area contributed by atoms with Crippen LogP contribution in [0.5, 0.6) is 0 Å². The summed E-state index contributed by atoms with van der Waals surface area (Å²) in [5.41, 5.74) is 1.85. The van der Waals surface area contributed by atoms with Gasteiger partial charge in [0.1, 0.15) is 11.5 Å². The van der Waals surface area contributed by atoms with Gasteiger partial charge >= 0.3 is 0 Å². The predicted octanol–water partition coefficient (Wildman–Crippen LogP) is 2.20. The number of halogens is 2. The van der Waals surface area contributed by atoms with Crippen LogP contribution in [0, 0.1) is 11.6 Å². The van der Waals surface area contributed by atoms with Crippen molar-refractivity contribution in [2.75, 3.05) is 32.1 Å². The summed E-state index contributed by atoms with van der Waals surface area (Å²) in [4.78, 5) is 43.2. The lowest BCUT2D eigenvalue weighted by molar-refractivity contribution is -0.131. The molecule has 3 amide bonds. The van der Waals surface area contributed by atoms with E-state index >= 15 is 0 Å². The minimum atomic E-state index is -0.978. The second-order valence-corrected chi connectivity index (χ2v) is 8.37. The highest BCUT2D eigenvalue weighted by Crippen LogP contribution is 2.40. The van der Waals surface area contributed by atoms with Crippen molar-refractivity contribution in [3.8, 4) is 0 Å². The molecule has 2 aliphatic rings. The highest BCUT2D eigenvalue weighted by molar-refractivity contribution is 7.17. The van der Waals surface area contributed by atoms with Crippen LogP contribution in [0.2, 0.25) is 0 Å². The highest BCUT2D eigenvalue weighted by atomic mass is 32.1. The quantitative estimate of drug-likeness (QED) is 0.750. The van der Waals surface area contributed by atoms with Crippen LogP contribution in [0.15, 0.2) is 18.2 Å². The third kappa shape index (κ3) is 3.39. The molecule has 29 heavy (non-hydrogen) atoms. The molecular weight excluding hydrogens is 400 g/mol. The molecule has 3 heterocycles. The van der Waals surface area contributed by atoms with Gasteiger partial charge in [-0.05, 0) is 29.7 Å². The van der Waals surface area contributed by atoms with Crippen LogP contribution in [0.3, 0.4) is 0 Å².